The Balaban J connectivity index is 2.20. The summed E-state index contributed by atoms with van der Waals surface area (Å²) >= 11 is 1.45. The van der Waals surface area contributed by atoms with Crippen LogP contribution in [0.3, 0.4) is 0 Å². The van der Waals surface area contributed by atoms with Gasteiger partial charge in [-0.2, -0.15) is 13.2 Å². The molecule has 0 aliphatic heterocycles. The summed E-state index contributed by atoms with van der Waals surface area (Å²) in [7, 11) is 0. The molecule has 0 radical (unpaired) electrons. The molecule has 1 nitrogen and oxygen atoms in total. The van der Waals surface area contributed by atoms with E-state index in [0.717, 1.165) is 12.8 Å². The number of thioether (sulfide) groups is 1. The predicted octanol–water partition coefficient (Wildman–Crippen LogP) is 4.46. The van der Waals surface area contributed by atoms with Gasteiger partial charge >= 0.3 is 6.18 Å². The van der Waals surface area contributed by atoms with Crippen LogP contribution in [0.25, 0.3) is 0 Å². The lowest BCUT2D eigenvalue weighted by Crippen LogP contribution is -2.19. The van der Waals surface area contributed by atoms with Crippen LogP contribution in [0.2, 0.25) is 0 Å². The van der Waals surface area contributed by atoms with E-state index < -0.39 is 11.7 Å². The van der Waals surface area contributed by atoms with Crippen molar-refractivity contribution < 1.29 is 13.2 Å². The van der Waals surface area contributed by atoms with Gasteiger partial charge in [0.1, 0.15) is 0 Å². The maximum atomic E-state index is 13.1. The van der Waals surface area contributed by atoms with E-state index in [1.54, 1.807) is 12.1 Å². The Morgan fingerprint density at radius 3 is 2.53 bits per heavy atom. The second-order valence-electron chi connectivity index (χ2n) is 5.14. The minimum atomic E-state index is -4.28. The molecule has 0 unspecified atom stereocenters. The molecule has 2 rings (SSSR count). The molecular weight excluding hydrogens is 271 g/mol. The van der Waals surface area contributed by atoms with E-state index in [9.17, 15) is 13.2 Å². The standard InChI is InChI=1S/C14H18F3NS/c1-9(2)19-12-6-3-10(8-18-11-4-5-11)13(7-12)14(15,16)17/h3,6-7,9,11,18H,4-5,8H2,1-2H3. The van der Waals surface area contributed by atoms with Gasteiger partial charge in [-0.1, -0.05) is 19.9 Å². The van der Waals surface area contributed by atoms with Gasteiger partial charge in [0.05, 0.1) is 5.56 Å². The lowest BCUT2D eigenvalue weighted by Gasteiger charge is -2.15. The van der Waals surface area contributed by atoms with Crippen LogP contribution >= 0.6 is 11.8 Å². The van der Waals surface area contributed by atoms with Crippen molar-refractivity contribution in [3.8, 4) is 0 Å². The van der Waals surface area contributed by atoms with Gasteiger partial charge in [-0.3, -0.25) is 0 Å². The maximum Gasteiger partial charge on any atom is 0.416 e. The highest BCUT2D eigenvalue weighted by molar-refractivity contribution is 7.99. The lowest BCUT2D eigenvalue weighted by atomic mass is 10.1. The van der Waals surface area contributed by atoms with Gasteiger partial charge in [-0.25, -0.2) is 0 Å². The van der Waals surface area contributed by atoms with Crippen LogP contribution in [-0.4, -0.2) is 11.3 Å². The Hall–Kier alpha value is -0.680. The van der Waals surface area contributed by atoms with Gasteiger partial charge in [-0.15, -0.1) is 11.8 Å². The molecule has 19 heavy (non-hydrogen) atoms. The van der Waals surface area contributed by atoms with Crippen molar-refractivity contribution in [1.82, 2.24) is 5.32 Å². The normalized spacial score (nSPS) is 16.1. The Labute approximate surface area is 116 Å². The molecule has 1 aliphatic rings. The van der Waals surface area contributed by atoms with Gasteiger partial charge in [0.15, 0.2) is 0 Å². The number of benzene rings is 1. The van der Waals surface area contributed by atoms with E-state index in [1.165, 1.54) is 17.8 Å². The molecule has 0 saturated heterocycles. The molecular formula is C14H18F3NS. The van der Waals surface area contributed by atoms with E-state index in [4.69, 9.17) is 0 Å². The van der Waals surface area contributed by atoms with Gasteiger partial charge in [-0.05, 0) is 30.5 Å². The summed E-state index contributed by atoms with van der Waals surface area (Å²) in [5, 5.41) is 3.41. The van der Waals surface area contributed by atoms with Crippen LogP contribution in [0, 0.1) is 0 Å². The molecule has 0 aromatic heterocycles. The zero-order valence-corrected chi connectivity index (χ0v) is 11.9. The van der Waals surface area contributed by atoms with Gasteiger partial charge < -0.3 is 5.32 Å². The average Bonchev–Trinajstić information content (AvgIpc) is 3.09. The van der Waals surface area contributed by atoms with Crippen LogP contribution in [0.4, 0.5) is 13.2 Å². The fourth-order valence-electron chi connectivity index (χ4n) is 1.86. The largest absolute Gasteiger partial charge is 0.416 e. The van der Waals surface area contributed by atoms with Crippen molar-refractivity contribution in [1.29, 1.82) is 0 Å². The van der Waals surface area contributed by atoms with E-state index in [0.29, 0.717) is 23.0 Å². The maximum absolute atomic E-state index is 13.1. The van der Waals surface area contributed by atoms with Gasteiger partial charge in [0.25, 0.3) is 0 Å². The molecule has 0 spiro atoms. The molecule has 1 saturated carbocycles. The van der Waals surface area contributed by atoms with Crippen molar-refractivity contribution in [2.75, 3.05) is 0 Å². The van der Waals surface area contributed by atoms with Crippen molar-refractivity contribution in [2.45, 2.75) is 55.6 Å². The second kappa shape index (κ2) is 5.75. The first-order valence-corrected chi connectivity index (χ1v) is 7.34. The summed E-state index contributed by atoms with van der Waals surface area (Å²) in [6, 6.07) is 5.06. The van der Waals surface area contributed by atoms with Crippen molar-refractivity contribution in [2.24, 2.45) is 0 Å². The van der Waals surface area contributed by atoms with Crippen LogP contribution in [0.15, 0.2) is 23.1 Å². The van der Waals surface area contributed by atoms with E-state index in [1.807, 2.05) is 13.8 Å². The summed E-state index contributed by atoms with van der Waals surface area (Å²) < 4.78 is 39.2. The zero-order valence-electron chi connectivity index (χ0n) is 11.1. The zero-order chi connectivity index (χ0) is 14.0. The first kappa shape index (κ1) is 14.7. The monoisotopic (exact) mass is 289 g/mol. The highest BCUT2D eigenvalue weighted by Crippen LogP contribution is 2.36. The highest BCUT2D eigenvalue weighted by Gasteiger charge is 2.34. The van der Waals surface area contributed by atoms with Crippen molar-refractivity contribution >= 4 is 11.8 Å². The molecule has 1 aromatic rings. The molecule has 5 heteroatoms. The smallest absolute Gasteiger partial charge is 0.310 e. The van der Waals surface area contributed by atoms with Crippen LogP contribution in [0.5, 0.6) is 0 Å². The summed E-state index contributed by atoms with van der Waals surface area (Å²) in [5.41, 5.74) is -0.168. The SMILES string of the molecule is CC(C)Sc1ccc(CNC2CC2)c(C(F)(F)F)c1. The average molecular weight is 289 g/mol. The molecule has 0 bridgehead atoms. The Morgan fingerprint density at radius 2 is 2.00 bits per heavy atom. The molecule has 1 aromatic carbocycles. The van der Waals surface area contributed by atoms with Crippen molar-refractivity contribution in [3.63, 3.8) is 0 Å². The fourth-order valence-corrected chi connectivity index (χ4v) is 2.74. The third kappa shape index (κ3) is 4.42. The molecule has 0 heterocycles. The van der Waals surface area contributed by atoms with Crippen LogP contribution in [0.1, 0.15) is 37.8 Å². The highest BCUT2D eigenvalue weighted by atomic mass is 32.2. The molecule has 106 valence electrons. The van der Waals surface area contributed by atoms with Gasteiger partial charge in [0.2, 0.25) is 0 Å². The molecule has 1 fully saturated rings. The number of hydrogen-bond donors (Lipinski definition) is 1. The third-order valence-electron chi connectivity index (χ3n) is 2.92. The van der Waals surface area contributed by atoms with E-state index >= 15 is 0 Å². The second-order valence-corrected chi connectivity index (χ2v) is 6.79. The Morgan fingerprint density at radius 1 is 1.32 bits per heavy atom. The summed E-state index contributed by atoms with van der Waals surface area (Å²) in [6.45, 7) is 4.24. The first-order valence-electron chi connectivity index (χ1n) is 6.46. The molecule has 1 N–H and O–H groups in total. The summed E-state index contributed by atoms with van der Waals surface area (Å²) in [4.78, 5) is 0.678. The van der Waals surface area contributed by atoms with E-state index in [-0.39, 0.29) is 5.25 Å². The number of alkyl halides is 3. The summed E-state index contributed by atoms with van der Waals surface area (Å²) in [6.07, 6.45) is -2.14. The minimum Gasteiger partial charge on any atom is -0.310 e. The Bertz CT molecular complexity index is 439. The minimum absolute atomic E-state index is 0.275. The number of nitrogens with one attached hydrogen (secondary N) is 1. The Kier molecular flexibility index (Phi) is 4.46. The number of halogens is 3. The predicted molar refractivity (Wildman–Crippen MR) is 72.3 cm³/mol. The van der Waals surface area contributed by atoms with Crippen LogP contribution in [-0.2, 0) is 12.7 Å². The van der Waals surface area contributed by atoms with Crippen LogP contribution < -0.4 is 5.32 Å². The lowest BCUT2D eigenvalue weighted by molar-refractivity contribution is -0.138. The molecule has 1 aliphatic carbocycles. The third-order valence-corrected chi connectivity index (χ3v) is 3.91. The fraction of sp³-hybridized carbons (Fsp3) is 0.571. The summed E-state index contributed by atoms with van der Waals surface area (Å²) in [5.74, 6) is 0. The topological polar surface area (TPSA) is 12.0 Å². The number of hydrogen-bond acceptors (Lipinski definition) is 2. The van der Waals surface area contributed by atoms with Gasteiger partial charge in [0, 0.05) is 22.7 Å². The van der Waals surface area contributed by atoms with Crippen molar-refractivity contribution in [3.05, 3.63) is 29.3 Å². The van der Waals surface area contributed by atoms with E-state index in [2.05, 4.69) is 5.32 Å². The quantitative estimate of drug-likeness (QED) is 0.803. The first-order chi connectivity index (χ1) is 8.86. The number of rotatable bonds is 5. The molecule has 0 amide bonds. The molecule has 0 atom stereocenters.